The molecule has 0 aliphatic rings. The molecule has 0 heterocycles. The number of benzene rings is 1. The van der Waals surface area contributed by atoms with Gasteiger partial charge in [-0.2, -0.15) is 0 Å². The summed E-state index contributed by atoms with van der Waals surface area (Å²) in [4.78, 5) is 0. The third-order valence-electron chi connectivity index (χ3n) is 1.90. The van der Waals surface area contributed by atoms with Crippen molar-refractivity contribution in [2.24, 2.45) is 0 Å². The predicted octanol–water partition coefficient (Wildman–Crippen LogP) is 3.23. The zero-order chi connectivity index (χ0) is 8.97. The summed E-state index contributed by atoms with van der Waals surface area (Å²) >= 11 is 2.39. The number of ether oxygens (including phenoxy) is 1. The van der Waals surface area contributed by atoms with Crippen molar-refractivity contribution in [2.45, 2.75) is 12.8 Å². The Morgan fingerprint density at radius 3 is 2.67 bits per heavy atom. The Bertz CT molecular complexity index is 247. The predicted molar refractivity (Wildman–Crippen MR) is 60.3 cm³/mol. The van der Waals surface area contributed by atoms with Gasteiger partial charge < -0.3 is 4.74 Å². The van der Waals surface area contributed by atoms with Crippen LogP contribution in [0, 0.1) is 0 Å². The zero-order valence-electron chi connectivity index (χ0n) is 7.38. The first-order valence-electron chi connectivity index (χ1n) is 3.98. The van der Waals surface area contributed by atoms with Crippen LogP contribution in [0.3, 0.4) is 0 Å². The molecule has 1 atom stereocenters. The van der Waals surface area contributed by atoms with Crippen LogP contribution in [0.1, 0.15) is 18.4 Å². The molecule has 2 heteroatoms. The van der Waals surface area contributed by atoms with E-state index in [9.17, 15) is 0 Å². The number of hydrogen-bond acceptors (Lipinski definition) is 1. The third kappa shape index (κ3) is 2.12. The summed E-state index contributed by atoms with van der Waals surface area (Å²) in [6.45, 7) is 2.21. The quantitative estimate of drug-likeness (QED) is 0.608. The highest BCUT2D eigenvalue weighted by Crippen LogP contribution is 2.26. The molecule has 0 bridgehead atoms. The number of para-hydroxylation sites is 1. The van der Waals surface area contributed by atoms with E-state index in [0.717, 1.165) is 10.2 Å². The normalized spacial score (nSPS) is 12.6. The van der Waals surface area contributed by atoms with Crippen LogP contribution in [0.25, 0.3) is 0 Å². The van der Waals surface area contributed by atoms with Crippen molar-refractivity contribution in [3.8, 4) is 5.75 Å². The minimum absolute atomic E-state index is 0.571. The fraction of sp³-hybridized carbons (Fsp3) is 0.400. The molecule has 1 aromatic carbocycles. The van der Waals surface area contributed by atoms with E-state index in [2.05, 4.69) is 41.6 Å². The molecular weight excluding hydrogens is 263 g/mol. The fourth-order valence-corrected chi connectivity index (χ4v) is 1.63. The highest BCUT2D eigenvalue weighted by atomic mass is 127. The topological polar surface area (TPSA) is 9.23 Å². The van der Waals surface area contributed by atoms with E-state index >= 15 is 0 Å². The number of hydrogen-bond donors (Lipinski definition) is 0. The monoisotopic (exact) mass is 276 g/mol. The Kier molecular flexibility index (Phi) is 3.85. The van der Waals surface area contributed by atoms with E-state index in [4.69, 9.17) is 4.74 Å². The van der Waals surface area contributed by atoms with Crippen molar-refractivity contribution >= 4 is 22.6 Å². The van der Waals surface area contributed by atoms with Crippen LogP contribution in [0.5, 0.6) is 5.75 Å². The van der Waals surface area contributed by atoms with Crippen LogP contribution >= 0.6 is 22.6 Å². The molecule has 1 aromatic rings. The molecule has 0 aromatic heterocycles. The minimum Gasteiger partial charge on any atom is -0.496 e. The Balaban J connectivity index is 2.96. The van der Waals surface area contributed by atoms with Crippen molar-refractivity contribution in [3.05, 3.63) is 29.8 Å². The molecule has 0 aliphatic carbocycles. The summed E-state index contributed by atoms with van der Waals surface area (Å²) in [7, 11) is 1.72. The molecule has 0 saturated carbocycles. The van der Waals surface area contributed by atoms with E-state index in [1.54, 1.807) is 7.11 Å². The van der Waals surface area contributed by atoms with E-state index in [1.165, 1.54) is 5.56 Å². The summed E-state index contributed by atoms with van der Waals surface area (Å²) in [5, 5.41) is 0. The molecule has 0 unspecified atom stereocenters. The van der Waals surface area contributed by atoms with Crippen molar-refractivity contribution < 1.29 is 4.74 Å². The lowest BCUT2D eigenvalue weighted by Gasteiger charge is -2.12. The first kappa shape index (κ1) is 9.84. The number of halogens is 1. The third-order valence-corrected chi connectivity index (χ3v) is 3.22. The summed E-state index contributed by atoms with van der Waals surface area (Å²) in [6.07, 6.45) is 0. The number of methoxy groups -OCH3 is 1. The maximum atomic E-state index is 5.26. The molecule has 66 valence electrons. The summed E-state index contributed by atoms with van der Waals surface area (Å²) < 4.78 is 6.39. The molecule has 0 radical (unpaired) electrons. The second-order valence-electron chi connectivity index (χ2n) is 2.80. The second-order valence-corrected chi connectivity index (χ2v) is 3.68. The van der Waals surface area contributed by atoms with Crippen LogP contribution in [0.4, 0.5) is 0 Å². The van der Waals surface area contributed by atoms with Crippen molar-refractivity contribution in [1.82, 2.24) is 0 Å². The maximum absolute atomic E-state index is 5.26. The Morgan fingerprint density at radius 2 is 2.08 bits per heavy atom. The van der Waals surface area contributed by atoms with Crippen molar-refractivity contribution in [2.75, 3.05) is 11.5 Å². The fourth-order valence-electron chi connectivity index (χ4n) is 1.16. The molecule has 0 amide bonds. The second kappa shape index (κ2) is 4.70. The van der Waals surface area contributed by atoms with E-state index in [0.29, 0.717) is 5.92 Å². The van der Waals surface area contributed by atoms with Crippen LogP contribution in [0.15, 0.2) is 24.3 Å². The molecule has 0 saturated heterocycles. The van der Waals surface area contributed by atoms with Gasteiger partial charge in [0.05, 0.1) is 7.11 Å². The van der Waals surface area contributed by atoms with Gasteiger partial charge in [0.2, 0.25) is 0 Å². The standard InChI is InChI=1S/C10H13IO/c1-8(7-11)9-5-3-4-6-10(9)12-2/h3-6,8H,7H2,1-2H3/t8-/m1/s1. The average Bonchev–Trinajstić information content (AvgIpc) is 2.16. The summed E-state index contributed by atoms with van der Waals surface area (Å²) in [6, 6.07) is 8.20. The maximum Gasteiger partial charge on any atom is 0.122 e. The van der Waals surface area contributed by atoms with Gasteiger partial charge in [0.25, 0.3) is 0 Å². The first-order chi connectivity index (χ1) is 5.79. The van der Waals surface area contributed by atoms with Gasteiger partial charge >= 0.3 is 0 Å². The Hall–Kier alpha value is -0.250. The van der Waals surface area contributed by atoms with E-state index in [-0.39, 0.29) is 0 Å². The first-order valence-corrected chi connectivity index (χ1v) is 5.51. The number of alkyl halides is 1. The van der Waals surface area contributed by atoms with Crippen LogP contribution < -0.4 is 4.74 Å². The lowest BCUT2D eigenvalue weighted by atomic mass is 10.0. The minimum atomic E-state index is 0.571. The molecular formula is C10H13IO. The Morgan fingerprint density at radius 1 is 1.42 bits per heavy atom. The van der Waals surface area contributed by atoms with Gasteiger partial charge in [0.15, 0.2) is 0 Å². The lowest BCUT2D eigenvalue weighted by molar-refractivity contribution is 0.408. The average molecular weight is 276 g/mol. The van der Waals surface area contributed by atoms with Crippen LogP contribution in [0.2, 0.25) is 0 Å². The van der Waals surface area contributed by atoms with Gasteiger partial charge in [0.1, 0.15) is 5.75 Å². The van der Waals surface area contributed by atoms with Crippen LogP contribution in [-0.4, -0.2) is 11.5 Å². The Labute approximate surface area is 87.3 Å². The van der Waals surface area contributed by atoms with Crippen molar-refractivity contribution in [3.63, 3.8) is 0 Å². The zero-order valence-corrected chi connectivity index (χ0v) is 9.54. The summed E-state index contributed by atoms with van der Waals surface area (Å²) in [5.41, 5.74) is 1.30. The smallest absolute Gasteiger partial charge is 0.122 e. The SMILES string of the molecule is COc1ccccc1[C@H](C)CI. The van der Waals surface area contributed by atoms with E-state index in [1.807, 2.05) is 12.1 Å². The van der Waals surface area contributed by atoms with E-state index < -0.39 is 0 Å². The highest BCUT2D eigenvalue weighted by molar-refractivity contribution is 14.1. The van der Waals surface area contributed by atoms with Gasteiger partial charge in [-0.05, 0) is 17.5 Å². The van der Waals surface area contributed by atoms with Crippen LogP contribution in [-0.2, 0) is 0 Å². The van der Waals surface area contributed by atoms with Gasteiger partial charge in [-0.15, -0.1) is 0 Å². The molecule has 0 spiro atoms. The number of rotatable bonds is 3. The molecule has 1 rings (SSSR count). The summed E-state index contributed by atoms with van der Waals surface area (Å²) in [5.74, 6) is 1.57. The van der Waals surface area contributed by atoms with Gasteiger partial charge in [0, 0.05) is 4.43 Å². The van der Waals surface area contributed by atoms with Gasteiger partial charge in [-0.3, -0.25) is 0 Å². The molecule has 12 heavy (non-hydrogen) atoms. The van der Waals surface area contributed by atoms with Gasteiger partial charge in [-0.1, -0.05) is 47.7 Å². The van der Waals surface area contributed by atoms with Crippen molar-refractivity contribution in [1.29, 1.82) is 0 Å². The highest BCUT2D eigenvalue weighted by Gasteiger charge is 2.08. The van der Waals surface area contributed by atoms with Gasteiger partial charge in [-0.25, -0.2) is 0 Å². The lowest BCUT2D eigenvalue weighted by Crippen LogP contribution is -1.97. The molecule has 1 nitrogen and oxygen atoms in total. The molecule has 0 fully saturated rings. The molecule has 0 aliphatic heterocycles. The molecule has 0 N–H and O–H groups in total. The largest absolute Gasteiger partial charge is 0.496 e.